The molecule has 1 saturated heterocycles. The van der Waals surface area contributed by atoms with Gasteiger partial charge >= 0.3 is 6.03 Å². The van der Waals surface area contributed by atoms with E-state index in [4.69, 9.17) is 4.74 Å². The highest BCUT2D eigenvalue weighted by Crippen LogP contribution is 2.17. The lowest BCUT2D eigenvalue weighted by molar-refractivity contribution is -0.139. The Hall–Kier alpha value is -2.77. The number of nitrogens with one attached hydrogen (secondary N) is 2. The molecule has 1 aliphatic heterocycles. The van der Waals surface area contributed by atoms with Gasteiger partial charge in [0.15, 0.2) is 0 Å². The Labute approximate surface area is 191 Å². The Morgan fingerprint density at radius 1 is 1.09 bits per heavy atom. The Balaban J connectivity index is 2.01. The molecule has 1 aliphatic rings. The molecule has 1 aromatic rings. The first-order valence-corrected chi connectivity index (χ1v) is 11.4. The minimum absolute atomic E-state index is 0.0000994. The fourth-order valence-electron chi connectivity index (χ4n) is 3.82. The summed E-state index contributed by atoms with van der Waals surface area (Å²) in [5.41, 5.74) is 0.858. The lowest BCUT2D eigenvalue weighted by Gasteiger charge is -2.41. The molecular formula is C24H38N4O4. The molecule has 8 heteroatoms. The molecule has 32 heavy (non-hydrogen) atoms. The minimum Gasteiger partial charge on any atom is -0.497 e. The van der Waals surface area contributed by atoms with Crippen molar-refractivity contribution in [3.8, 4) is 5.75 Å². The predicted octanol–water partition coefficient (Wildman–Crippen LogP) is 2.42. The number of benzene rings is 1. The van der Waals surface area contributed by atoms with Crippen molar-refractivity contribution in [2.24, 2.45) is 5.92 Å². The van der Waals surface area contributed by atoms with Gasteiger partial charge < -0.3 is 25.2 Å². The largest absolute Gasteiger partial charge is 0.497 e. The highest BCUT2D eigenvalue weighted by molar-refractivity contribution is 5.89. The van der Waals surface area contributed by atoms with Gasteiger partial charge in [-0.2, -0.15) is 0 Å². The maximum atomic E-state index is 13.3. The van der Waals surface area contributed by atoms with E-state index in [0.717, 1.165) is 17.7 Å². The van der Waals surface area contributed by atoms with Gasteiger partial charge in [-0.1, -0.05) is 32.4 Å². The molecule has 8 nitrogen and oxygen atoms in total. The third kappa shape index (κ3) is 6.87. The van der Waals surface area contributed by atoms with E-state index in [1.165, 1.54) is 0 Å². The van der Waals surface area contributed by atoms with E-state index in [0.29, 0.717) is 19.6 Å². The first kappa shape index (κ1) is 25.5. The van der Waals surface area contributed by atoms with Crippen LogP contribution < -0.4 is 15.4 Å². The van der Waals surface area contributed by atoms with Crippen molar-refractivity contribution in [1.82, 2.24) is 20.4 Å². The second-order valence-corrected chi connectivity index (χ2v) is 8.89. The lowest BCUT2D eigenvalue weighted by Crippen LogP contribution is -2.61. The zero-order valence-electron chi connectivity index (χ0n) is 20.2. The molecule has 2 rings (SSSR count). The van der Waals surface area contributed by atoms with Crippen LogP contribution in [0.4, 0.5) is 4.79 Å². The quantitative estimate of drug-likeness (QED) is 0.642. The highest BCUT2D eigenvalue weighted by atomic mass is 16.5. The molecule has 1 fully saturated rings. The Morgan fingerprint density at radius 3 is 2.28 bits per heavy atom. The van der Waals surface area contributed by atoms with Crippen molar-refractivity contribution in [3.05, 3.63) is 29.8 Å². The van der Waals surface area contributed by atoms with Crippen LogP contribution in [-0.4, -0.2) is 72.5 Å². The fourth-order valence-corrected chi connectivity index (χ4v) is 3.82. The molecule has 2 N–H and O–H groups in total. The van der Waals surface area contributed by atoms with E-state index < -0.39 is 6.04 Å². The van der Waals surface area contributed by atoms with Crippen LogP contribution in [-0.2, 0) is 16.0 Å². The number of ether oxygens (including phenoxy) is 1. The predicted molar refractivity (Wildman–Crippen MR) is 124 cm³/mol. The van der Waals surface area contributed by atoms with Gasteiger partial charge in [0, 0.05) is 31.7 Å². The number of urea groups is 1. The van der Waals surface area contributed by atoms with Gasteiger partial charge in [0.2, 0.25) is 11.8 Å². The Bertz CT molecular complexity index is 781. The van der Waals surface area contributed by atoms with E-state index in [9.17, 15) is 14.4 Å². The van der Waals surface area contributed by atoms with Gasteiger partial charge in [0.25, 0.3) is 0 Å². The molecule has 3 unspecified atom stereocenters. The van der Waals surface area contributed by atoms with Crippen molar-refractivity contribution in [2.45, 2.75) is 65.6 Å². The summed E-state index contributed by atoms with van der Waals surface area (Å²) in [5.74, 6) is 0.465. The van der Waals surface area contributed by atoms with Gasteiger partial charge in [-0.05, 0) is 44.4 Å². The van der Waals surface area contributed by atoms with E-state index in [2.05, 4.69) is 10.6 Å². The van der Waals surface area contributed by atoms with Gasteiger partial charge in [-0.25, -0.2) is 4.79 Å². The summed E-state index contributed by atoms with van der Waals surface area (Å²) in [5, 5.41) is 5.87. The topological polar surface area (TPSA) is 91.0 Å². The van der Waals surface area contributed by atoms with E-state index >= 15 is 0 Å². The van der Waals surface area contributed by atoms with Gasteiger partial charge in [0.05, 0.1) is 13.5 Å². The van der Waals surface area contributed by atoms with Crippen LogP contribution in [0.15, 0.2) is 24.3 Å². The number of rotatable bonds is 8. The molecule has 0 saturated carbocycles. The van der Waals surface area contributed by atoms with Crippen LogP contribution in [0.5, 0.6) is 5.75 Å². The summed E-state index contributed by atoms with van der Waals surface area (Å²) in [7, 11) is 1.60. The number of carbonyl (C=O) groups is 3. The van der Waals surface area contributed by atoms with E-state index in [-0.39, 0.29) is 42.3 Å². The number of hydrogen-bond donors (Lipinski definition) is 2. The van der Waals surface area contributed by atoms with Gasteiger partial charge in [0.1, 0.15) is 11.8 Å². The zero-order chi connectivity index (χ0) is 23.8. The monoisotopic (exact) mass is 446 g/mol. The molecule has 0 radical (unpaired) electrons. The molecule has 1 heterocycles. The van der Waals surface area contributed by atoms with Crippen molar-refractivity contribution in [3.63, 3.8) is 0 Å². The van der Waals surface area contributed by atoms with Crippen molar-refractivity contribution in [1.29, 1.82) is 0 Å². The van der Waals surface area contributed by atoms with Crippen molar-refractivity contribution < 1.29 is 19.1 Å². The molecule has 178 valence electrons. The molecule has 3 atom stereocenters. The normalized spacial score (nSPS) is 18.2. The maximum absolute atomic E-state index is 13.3. The second-order valence-electron chi connectivity index (χ2n) is 8.89. The third-order valence-electron chi connectivity index (χ3n) is 5.93. The average molecular weight is 447 g/mol. The fraction of sp³-hybridized carbons (Fsp3) is 0.625. The third-order valence-corrected chi connectivity index (χ3v) is 5.93. The van der Waals surface area contributed by atoms with Crippen LogP contribution in [0, 0.1) is 5.92 Å². The molecule has 0 aliphatic carbocycles. The van der Waals surface area contributed by atoms with Crippen LogP contribution in [0.1, 0.15) is 46.6 Å². The molecule has 0 bridgehead atoms. The SMILES string of the molecule is CCC(C)C(NC(=O)Cc1ccc(OC)cc1)C(=O)N1CCN(C(=O)NC(C)C)C(C)C1. The van der Waals surface area contributed by atoms with Crippen LogP contribution in [0.2, 0.25) is 0 Å². The number of methoxy groups -OCH3 is 1. The molecule has 4 amide bonds. The number of piperazine rings is 1. The summed E-state index contributed by atoms with van der Waals surface area (Å²) in [6, 6.07) is 6.60. The molecule has 0 aromatic heterocycles. The van der Waals surface area contributed by atoms with Gasteiger partial charge in [-0.15, -0.1) is 0 Å². The maximum Gasteiger partial charge on any atom is 0.317 e. The smallest absolute Gasteiger partial charge is 0.317 e. The van der Waals surface area contributed by atoms with Crippen molar-refractivity contribution >= 4 is 17.8 Å². The first-order valence-electron chi connectivity index (χ1n) is 11.4. The lowest BCUT2D eigenvalue weighted by atomic mass is 9.96. The Morgan fingerprint density at radius 2 is 1.75 bits per heavy atom. The molecule has 1 aromatic carbocycles. The van der Waals surface area contributed by atoms with E-state index in [1.807, 2.05) is 58.9 Å². The summed E-state index contributed by atoms with van der Waals surface area (Å²) in [6.07, 6.45) is 0.968. The zero-order valence-corrected chi connectivity index (χ0v) is 20.2. The number of hydrogen-bond acceptors (Lipinski definition) is 4. The van der Waals surface area contributed by atoms with Crippen LogP contribution >= 0.6 is 0 Å². The summed E-state index contributed by atoms with van der Waals surface area (Å²) in [4.78, 5) is 42.0. The van der Waals surface area contributed by atoms with Gasteiger partial charge in [-0.3, -0.25) is 9.59 Å². The summed E-state index contributed by atoms with van der Waals surface area (Å²) < 4.78 is 5.15. The number of amides is 4. The number of nitrogens with zero attached hydrogens (tertiary/aromatic N) is 2. The summed E-state index contributed by atoms with van der Waals surface area (Å²) >= 11 is 0. The van der Waals surface area contributed by atoms with Crippen LogP contribution in [0.25, 0.3) is 0 Å². The first-order chi connectivity index (χ1) is 15.2. The highest BCUT2D eigenvalue weighted by Gasteiger charge is 2.35. The van der Waals surface area contributed by atoms with Crippen LogP contribution in [0.3, 0.4) is 0 Å². The average Bonchev–Trinajstić information content (AvgIpc) is 2.76. The molecular weight excluding hydrogens is 408 g/mol. The van der Waals surface area contributed by atoms with E-state index in [1.54, 1.807) is 16.9 Å². The minimum atomic E-state index is -0.589. The van der Waals surface area contributed by atoms with Crippen molar-refractivity contribution in [2.75, 3.05) is 26.7 Å². The number of carbonyl (C=O) groups excluding carboxylic acids is 3. The summed E-state index contributed by atoms with van der Waals surface area (Å²) in [6.45, 7) is 11.2. The molecule has 0 spiro atoms. The Kier molecular flexibility index (Phi) is 9.35. The standard InChI is InChI=1S/C24H38N4O4/c1-7-17(4)22(26-21(29)14-19-8-10-20(32-6)11-9-19)23(30)27-12-13-28(18(5)15-27)24(31)25-16(2)3/h8-11,16-18,22H,7,12-15H2,1-6H3,(H,25,31)(H,26,29). The second kappa shape index (κ2) is 11.7.